The van der Waals surface area contributed by atoms with Gasteiger partial charge in [-0.05, 0) is 18.9 Å². The second-order valence-electron chi connectivity index (χ2n) is 6.82. The lowest BCUT2D eigenvalue weighted by Crippen LogP contribution is -1.99. The molecular weight excluding hydrogens is 316 g/mol. The van der Waals surface area contributed by atoms with Crippen LogP contribution >= 0.6 is 0 Å². The van der Waals surface area contributed by atoms with Crippen LogP contribution in [0.3, 0.4) is 0 Å². The molecule has 0 bridgehead atoms. The van der Waals surface area contributed by atoms with Crippen molar-refractivity contribution in [1.82, 2.24) is 9.97 Å². The molecule has 2 nitrogen and oxygen atoms in total. The number of aromatic nitrogens is 2. The van der Waals surface area contributed by atoms with Crippen molar-refractivity contribution in [2.45, 2.75) is 51.9 Å². The molecule has 1 aromatic heterocycles. The van der Waals surface area contributed by atoms with Crippen LogP contribution in [-0.4, -0.2) is 9.97 Å². The van der Waals surface area contributed by atoms with Crippen LogP contribution in [0.2, 0.25) is 0 Å². The van der Waals surface area contributed by atoms with Gasteiger partial charge in [0, 0.05) is 16.8 Å². The monoisotopic (exact) mass is 344 g/mol. The van der Waals surface area contributed by atoms with Crippen molar-refractivity contribution < 1.29 is 0 Å². The van der Waals surface area contributed by atoms with E-state index in [1.165, 1.54) is 38.5 Å². The quantitative estimate of drug-likeness (QED) is 0.403. The van der Waals surface area contributed by atoms with Crippen molar-refractivity contribution in [2.24, 2.45) is 0 Å². The normalized spacial score (nSPS) is 10.8. The third-order valence-electron chi connectivity index (χ3n) is 4.67. The Morgan fingerprint density at radius 2 is 1.27 bits per heavy atom. The zero-order valence-corrected chi connectivity index (χ0v) is 15.7. The molecule has 0 aliphatic rings. The van der Waals surface area contributed by atoms with E-state index >= 15 is 0 Å². The van der Waals surface area contributed by atoms with Crippen LogP contribution in [0, 0.1) is 0 Å². The van der Waals surface area contributed by atoms with Crippen LogP contribution in [0.5, 0.6) is 0 Å². The summed E-state index contributed by atoms with van der Waals surface area (Å²) in [5.74, 6) is 0.827. The molecule has 2 aromatic carbocycles. The van der Waals surface area contributed by atoms with Crippen molar-refractivity contribution >= 4 is 0 Å². The zero-order valence-electron chi connectivity index (χ0n) is 15.7. The van der Waals surface area contributed by atoms with E-state index in [0.717, 1.165) is 34.8 Å². The third-order valence-corrected chi connectivity index (χ3v) is 4.67. The fraction of sp³-hybridized carbons (Fsp3) is 0.333. The highest BCUT2D eigenvalue weighted by atomic mass is 14.9. The number of aryl methyl sites for hydroxylation is 1. The lowest BCUT2D eigenvalue weighted by Gasteiger charge is -2.09. The predicted molar refractivity (Wildman–Crippen MR) is 110 cm³/mol. The maximum Gasteiger partial charge on any atom is 0.160 e. The summed E-state index contributed by atoms with van der Waals surface area (Å²) in [5.41, 5.74) is 4.39. The van der Waals surface area contributed by atoms with E-state index in [0.29, 0.717) is 0 Å². The van der Waals surface area contributed by atoms with Crippen molar-refractivity contribution in [3.05, 3.63) is 72.4 Å². The van der Waals surface area contributed by atoms with Crippen molar-refractivity contribution in [3.8, 4) is 22.6 Å². The molecule has 3 aromatic rings. The van der Waals surface area contributed by atoms with E-state index in [4.69, 9.17) is 9.97 Å². The van der Waals surface area contributed by atoms with Gasteiger partial charge < -0.3 is 0 Å². The van der Waals surface area contributed by atoms with Crippen molar-refractivity contribution in [2.75, 3.05) is 0 Å². The molecule has 0 radical (unpaired) electrons. The Morgan fingerprint density at radius 1 is 0.654 bits per heavy atom. The molecule has 0 fully saturated rings. The lowest BCUT2D eigenvalue weighted by atomic mass is 10.1. The van der Waals surface area contributed by atoms with Crippen LogP contribution in [-0.2, 0) is 6.42 Å². The molecule has 134 valence electrons. The second-order valence-corrected chi connectivity index (χ2v) is 6.82. The summed E-state index contributed by atoms with van der Waals surface area (Å²) < 4.78 is 0. The number of hydrogen-bond donors (Lipinski definition) is 0. The van der Waals surface area contributed by atoms with Gasteiger partial charge in [-0.25, -0.2) is 9.97 Å². The van der Waals surface area contributed by atoms with Crippen LogP contribution in [0.15, 0.2) is 66.7 Å². The second kappa shape index (κ2) is 9.86. The largest absolute Gasteiger partial charge is 0.233 e. The summed E-state index contributed by atoms with van der Waals surface area (Å²) in [7, 11) is 0. The first-order chi connectivity index (χ1) is 12.9. The standard InChI is InChI=1S/C24H28N2/c1-2-3-4-5-6-13-18-22-19-23(20-14-9-7-10-15-20)26-24(25-22)21-16-11-8-12-17-21/h7-12,14-17,19H,2-6,13,18H2,1H3. The van der Waals surface area contributed by atoms with Gasteiger partial charge >= 0.3 is 0 Å². The van der Waals surface area contributed by atoms with Crippen LogP contribution < -0.4 is 0 Å². The number of benzene rings is 2. The maximum absolute atomic E-state index is 4.85. The molecule has 26 heavy (non-hydrogen) atoms. The molecule has 1 heterocycles. The lowest BCUT2D eigenvalue weighted by molar-refractivity contribution is 0.604. The van der Waals surface area contributed by atoms with Gasteiger partial charge in [0.15, 0.2) is 5.82 Å². The Labute approximate surface area is 157 Å². The summed E-state index contributed by atoms with van der Waals surface area (Å²) in [4.78, 5) is 9.68. The Bertz CT molecular complexity index is 724. The fourth-order valence-electron chi connectivity index (χ4n) is 3.19. The molecule has 0 amide bonds. The fourth-order valence-corrected chi connectivity index (χ4v) is 3.19. The highest BCUT2D eigenvalue weighted by Gasteiger charge is 2.08. The van der Waals surface area contributed by atoms with Gasteiger partial charge in [-0.2, -0.15) is 0 Å². The van der Waals surface area contributed by atoms with Gasteiger partial charge in [0.1, 0.15) is 0 Å². The summed E-state index contributed by atoms with van der Waals surface area (Å²) in [6, 6.07) is 22.8. The van der Waals surface area contributed by atoms with Gasteiger partial charge in [0.25, 0.3) is 0 Å². The van der Waals surface area contributed by atoms with Gasteiger partial charge in [-0.15, -0.1) is 0 Å². The summed E-state index contributed by atoms with van der Waals surface area (Å²) in [5, 5.41) is 0. The Balaban J connectivity index is 1.79. The smallest absolute Gasteiger partial charge is 0.160 e. The first-order valence-electron chi connectivity index (χ1n) is 9.85. The summed E-state index contributed by atoms with van der Waals surface area (Å²) in [6.45, 7) is 2.26. The van der Waals surface area contributed by atoms with E-state index < -0.39 is 0 Å². The van der Waals surface area contributed by atoms with Crippen molar-refractivity contribution in [3.63, 3.8) is 0 Å². The van der Waals surface area contributed by atoms with Gasteiger partial charge in [0.2, 0.25) is 0 Å². The minimum atomic E-state index is 0.827. The third kappa shape index (κ3) is 5.26. The number of hydrogen-bond acceptors (Lipinski definition) is 2. The highest BCUT2D eigenvalue weighted by molar-refractivity contribution is 5.64. The van der Waals surface area contributed by atoms with E-state index in [-0.39, 0.29) is 0 Å². The van der Waals surface area contributed by atoms with Crippen LogP contribution in [0.1, 0.15) is 51.1 Å². The molecule has 2 heteroatoms. The van der Waals surface area contributed by atoms with E-state index in [2.05, 4.69) is 49.4 Å². The SMILES string of the molecule is CCCCCCCCc1cc(-c2ccccc2)nc(-c2ccccc2)n1. The highest BCUT2D eigenvalue weighted by Crippen LogP contribution is 2.23. The first kappa shape index (κ1) is 18.3. The Hall–Kier alpha value is -2.48. The number of nitrogens with zero attached hydrogens (tertiary/aromatic N) is 2. The first-order valence-corrected chi connectivity index (χ1v) is 9.85. The summed E-state index contributed by atoms with van der Waals surface area (Å²) >= 11 is 0. The average molecular weight is 345 g/mol. The molecule has 0 saturated carbocycles. The Morgan fingerprint density at radius 3 is 1.96 bits per heavy atom. The van der Waals surface area contributed by atoms with E-state index in [1.807, 2.05) is 24.3 Å². The molecule has 0 N–H and O–H groups in total. The van der Waals surface area contributed by atoms with E-state index in [1.54, 1.807) is 0 Å². The minimum absolute atomic E-state index is 0.827. The van der Waals surface area contributed by atoms with E-state index in [9.17, 15) is 0 Å². The van der Waals surface area contributed by atoms with Crippen molar-refractivity contribution in [1.29, 1.82) is 0 Å². The number of unbranched alkanes of at least 4 members (excludes halogenated alkanes) is 5. The predicted octanol–water partition coefficient (Wildman–Crippen LogP) is 6.71. The minimum Gasteiger partial charge on any atom is -0.233 e. The maximum atomic E-state index is 4.85. The van der Waals surface area contributed by atoms with Gasteiger partial charge in [-0.3, -0.25) is 0 Å². The van der Waals surface area contributed by atoms with Gasteiger partial charge in [-0.1, -0.05) is 99.7 Å². The molecule has 0 saturated heterocycles. The molecule has 0 atom stereocenters. The van der Waals surface area contributed by atoms with Gasteiger partial charge in [0.05, 0.1) is 5.69 Å². The molecule has 0 aliphatic heterocycles. The molecule has 0 unspecified atom stereocenters. The Kier molecular flexibility index (Phi) is 6.95. The molecule has 0 aliphatic carbocycles. The van der Waals surface area contributed by atoms with Crippen LogP contribution in [0.4, 0.5) is 0 Å². The topological polar surface area (TPSA) is 25.8 Å². The average Bonchev–Trinajstić information content (AvgIpc) is 2.72. The molecule has 3 rings (SSSR count). The zero-order chi connectivity index (χ0) is 18.0. The number of rotatable bonds is 9. The summed E-state index contributed by atoms with van der Waals surface area (Å²) in [6.07, 6.45) is 8.83. The van der Waals surface area contributed by atoms with Crippen LogP contribution in [0.25, 0.3) is 22.6 Å². The molecule has 0 spiro atoms. The molecular formula is C24H28N2.